The van der Waals surface area contributed by atoms with Gasteiger partial charge in [-0.05, 0) is 81.3 Å². The molecule has 0 radical (unpaired) electrons. The van der Waals surface area contributed by atoms with E-state index in [9.17, 15) is 9.59 Å². The third-order valence-corrected chi connectivity index (χ3v) is 8.62. The third-order valence-electron chi connectivity index (χ3n) is 8.62. The van der Waals surface area contributed by atoms with E-state index in [0.717, 1.165) is 55.4 Å². The van der Waals surface area contributed by atoms with Crippen molar-refractivity contribution in [2.45, 2.75) is 27.7 Å². The Kier molecular flexibility index (Phi) is 7.99. The number of aromatic nitrogens is 2. The molecule has 0 aliphatic heterocycles. The minimum atomic E-state index is -0.263. The number of para-hydroxylation sites is 2. The number of aryl methyl sites for hydroxylation is 4. The molecule has 6 heteroatoms. The van der Waals surface area contributed by atoms with Crippen molar-refractivity contribution in [3.05, 3.63) is 155 Å². The van der Waals surface area contributed by atoms with Crippen LogP contribution in [0.5, 0.6) is 0 Å². The van der Waals surface area contributed by atoms with E-state index in [-0.39, 0.29) is 11.8 Å². The highest BCUT2D eigenvalue weighted by molar-refractivity contribution is 6.15. The molecule has 5 aromatic carbocycles. The molecule has 7 aromatic rings. The number of carbonyl (C=O) groups is 2. The molecule has 2 N–H and O–H groups in total. The minimum absolute atomic E-state index is 0.263. The Morgan fingerprint density at radius 3 is 1.35 bits per heavy atom. The van der Waals surface area contributed by atoms with Crippen LogP contribution in [0.1, 0.15) is 43.0 Å². The second kappa shape index (κ2) is 12.6. The summed E-state index contributed by atoms with van der Waals surface area (Å²) in [6.45, 7) is 8.22. The first kappa shape index (κ1) is 30.5. The number of pyridine rings is 2. The van der Waals surface area contributed by atoms with Gasteiger partial charge in [-0.25, -0.2) is 9.97 Å². The molecule has 0 saturated carbocycles. The lowest BCUT2D eigenvalue weighted by molar-refractivity contribution is 0.102. The van der Waals surface area contributed by atoms with Crippen LogP contribution in [-0.4, -0.2) is 21.8 Å². The molecule has 0 fully saturated rings. The summed E-state index contributed by atoms with van der Waals surface area (Å²) in [5, 5.41) is 7.62. The Bertz CT molecular complexity index is 2230. The van der Waals surface area contributed by atoms with Crippen LogP contribution in [0.4, 0.5) is 11.4 Å². The predicted octanol–water partition coefficient (Wildman–Crippen LogP) is 9.86. The molecule has 2 aromatic heterocycles. The summed E-state index contributed by atoms with van der Waals surface area (Å²) < 4.78 is 0. The first-order valence-electron chi connectivity index (χ1n) is 15.9. The second-order valence-corrected chi connectivity index (χ2v) is 12.3. The number of anilines is 2. The standard InChI is InChI=1S/C42H34N4O2/c1-25-16-18-31(27(3)20-25)39-23-35(33-12-5-7-14-37(33)45-39)41(47)43-29-10-9-11-30(22-29)44-42(48)36-24-40(32-19-17-26(2)21-28(32)4)46-38-15-8-6-13-34(36)38/h5-24H,1-4H3,(H,43,47)(H,44,48). The molecule has 0 aliphatic rings. The fraction of sp³-hybridized carbons (Fsp3) is 0.0952. The summed E-state index contributed by atoms with van der Waals surface area (Å²) in [6.07, 6.45) is 0. The van der Waals surface area contributed by atoms with E-state index in [1.807, 2.05) is 91.0 Å². The Hall–Kier alpha value is -6.14. The Morgan fingerprint density at radius 1 is 0.479 bits per heavy atom. The average Bonchev–Trinajstić information content (AvgIpc) is 3.07. The van der Waals surface area contributed by atoms with Gasteiger partial charge in [-0.2, -0.15) is 0 Å². The van der Waals surface area contributed by atoms with Crippen LogP contribution in [0.15, 0.2) is 121 Å². The van der Waals surface area contributed by atoms with E-state index >= 15 is 0 Å². The molecule has 0 aliphatic carbocycles. The van der Waals surface area contributed by atoms with Crippen LogP contribution >= 0.6 is 0 Å². The highest BCUT2D eigenvalue weighted by atomic mass is 16.2. The zero-order valence-electron chi connectivity index (χ0n) is 27.3. The fourth-order valence-corrected chi connectivity index (χ4v) is 6.28. The van der Waals surface area contributed by atoms with E-state index in [2.05, 4.69) is 62.6 Å². The van der Waals surface area contributed by atoms with Crippen molar-refractivity contribution in [1.29, 1.82) is 0 Å². The summed E-state index contributed by atoms with van der Waals surface area (Å²) in [4.78, 5) is 37.4. The average molecular weight is 627 g/mol. The molecule has 0 spiro atoms. The SMILES string of the molecule is Cc1ccc(-c2cc(C(=O)Nc3cccc(NC(=O)c4cc(-c5ccc(C)cc5C)nc5ccccc45)c3)c3ccccc3n2)c(C)c1. The molecule has 0 unspecified atom stereocenters. The quantitative estimate of drug-likeness (QED) is 0.192. The number of hydrogen-bond donors (Lipinski definition) is 2. The predicted molar refractivity (Wildman–Crippen MR) is 196 cm³/mol. The van der Waals surface area contributed by atoms with Crippen molar-refractivity contribution >= 4 is 45.0 Å². The number of nitrogens with zero attached hydrogens (tertiary/aromatic N) is 2. The number of benzene rings is 5. The van der Waals surface area contributed by atoms with Gasteiger partial charge in [0, 0.05) is 33.3 Å². The molecule has 48 heavy (non-hydrogen) atoms. The third kappa shape index (κ3) is 6.04. The van der Waals surface area contributed by atoms with Crippen LogP contribution in [-0.2, 0) is 0 Å². The van der Waals surface area contributed by atoms with Gasteiger partial charge in [0.2, 0.25) is 0 Å². The van der Waals surface area contributed by atoms with E-state index in [1.54, 1.807) is 6.07 Å². The monoisotopic (exact) mass is 626 g/mol. The largest absolute Gasteiger partial charge is 0.322 e. The van der Waals surface area contributed by atoms with Gasteiger partial charge in [-0.3, -0.25) is 9.59 Å². The summed E-state index contributed by atoms with van der Waals surface area (Å²) >= 11 is 0. The maximum atomic E-state index is 13.8. The van der Waals surface area contributed by atoms with Crippen LogP contribution in [0.2, 0.25) is 0 Å². The zero-order valence-corrected chi connectivity index (χ0v) is 27.3. The lowest BCUT2D eigenvalue weighted by Crippen LogP contribution is -2.15. The highest BCUT2D eigenvalue weighted by Gasteiger charge is 2.18. The lowest BCUT2D eigenvalue weighted by Gasteiger charge is -2.14. The van der Waals surface area contributed by atoms with E-state index in [1.165, 1.54) is 11.1 Å². The van der Waals surface area contributed by atoms with Crippen LogP contribution in [0.3, 0.4) is 0 Å². The van der Waals surface area contributed by atoms with Gasteiger partial charge < -0.3 is 10.6 Å². The number of fused-ring (bicyclic) bond motifs is 2. The van der Waals surface area contributed by atoms with Gasteiger partial charge in [0.1, 0.15) is 0 Å². The number of carbonyl (C=O) groups excluding carboxylic acids is 2. The van der Waals surface area contributed by atoms with Gasteiger partial charge in [0.25, 0.3) is 11.8 Å². The molecule has 6 nitrogen and oxygen atoms in total. The first-order valence-corrected chi connectivity index (χ1v) is 15.9. The van der Waals surface area contributed by atoms with Gasteiger partial charge >= 0.3 is 0 Å². The maximum absolute atomic E-state index is 13.8. The van der Waals surface area contributed by atoms with Gasteiger partial charge in [-0.1, -0.05) is 90.0 Å². The fourth-order valence-electron chi connectivity index (χ4n) is 6.28. The molecular weight excluding hydrogens is 592 g/mol. The normalized spacial score (nSPS) is 11.1. The van der Waals surface area contributed by atoms with Crippen LogP contribution < -0.4 is 10.6 Å². The number of hydrogen-bond acceptors (Lipinski definition) is 4. The van der Waals surface area contributed by atoms with E-state index in [4.69, 9.17) is 9.97 Å². The van der Waals surface area contributed by atoms with E-state index in [0.29, 0.717) is 22.5 Å². The van der Waals surface area contributed by atoms with Crippen molar-refractivity contribution in [1.82, 2.24) is 9.97 Å². The van der Waals surface area contributed by atoms with Crippen molar-refractivity contribution in [2.24, 2.45) is 0 Å². The molecule has 0 saturated heterocycles. The van der Waals surface area contributed by atoms with Gasteiger partial charge in [0.15, 0.2) is 0 Å². The second-order valence-electron chi connectivity index (χ2n) is 12.3. The van der Waals surface area contributed by atoms with Crippen molar-refractivity contribution < 1.29 is 9.59 Å². The minimum Gasteiger partial charge on any atom is -0.322 e. The first-order chi connectivity index (χ1) is 23.2. The number of amides is 2. The molecule has 7 rings (SSSR count). The van der Waals surface area contributed by atoms with Crippen LogP contribution in [0, 0.1) is 27.7 Å². The van der Waals surface area contributed by atoms with Crippen molar-refractivity contribution in [2.75, 3.05) is 10.6 Å². The summed E-state index contributed by atoms with van der Waals surface area (Å²) in [6, 6.07) is 38.6. The van der Waals surface area contributed by atoms with E-state index < -0.39 is 0 Å². The van der Waals surface area contributed by atoms with Gasteiger partial charge in [-0.15, -0.1) is 0 Å². The molecular formula is C42H34N4O2. The maximum Gasteiger partial charge on any atom is 0.256 e. The Balaban J connectivity index is 1.19. The molecule has 2 amide bonds. The Morgan fingerprint density at radius 2 is 0.917 bits per heavy atom. The number of nitrogens with one attached hydrogen (secondary N) is 2. The smallest absolute Gasteiger partial charge is 0.256 e. The van der Waals surface area contributed by atoms with Crippen molar-refractivity contribution in [3.8, 4) is 22.5 Å². The summed E-state index contributed by atoms with van der Waals surface area (Å²) in [5.74, 6) is -0.525. The van der Waals surface area contributed by atoms with Crippen LogP contribution in [0.25, 0.3) is 44.3 Å². The number of rotatable bonds is 6. The lowest BCUT2D eigenvalue weighted by atomic mass is 9.99. The molecule has 2 heterocycles. The molecule has 0 bridgehead atoms. The molecule has 0 atom stereocenters. The summed E-state index contributed by atoms with van der Waals surface area (Å²) in [5.41, 5.74) is 11.6. The highest BCUT2D eigenvalue weighted by Crippen LogP contribution is 2.30. The van der Waals surface area contributed by atoms with Gasteiger partial charge in [0.05, 0.1) is 33.5 Å². The topological polar surface area (TPSA) is 84.0 Å². The van der Waals surface area contributed by atoms with Crippen molar-refractivity contribution in [3.63, 3.8) is 0 Å². The zero-order chi connectivity index (χ0) is 33.4. The molecule has 234 valence electrons. The summed E-state index contributed by atoms with van der Waals surface area (Å²) in [7, 11) is 0. The Labute approximate surface area is 279 Å².